The highest BCUT2D eigenvalue weighted by atomic mass is 16.2. The molecule has 1 amide bonds. The number of nitrogens with zero attached hydrogens (tertiary/aromatic N) is 1. The smallest absolute Gasteiger partial charge is 0.240 e. The molecule has 1 saturated carbocycles. The summed E-state index contributed by atoms with van der Waals surface area (Å²) in [6, 6.07) is 0.477. The van der Waals surface area contributed by atoms with Crippen LogP contribution in [0.5, 0.6) is 0 Å². The molecule has 2 aliphatic heterocycles. The fraction of sp³-hybridized carbons (Fsp3) is 0.923. The average molecular weight is 222 g/mol. The van der Waals surface area contributed by atoms with E-state index in [0.29, 0.717) is 11.9 Å². The molecule has 2 saturated heterocycles. The summed E-state index contributed by atoms with van der Waals surface area (Å²) in [6.45, 7) is 2.27. The summed E-state index contributed by atoms with van der Waals surface area (Å²) < 4.78 is 0. The number of rotatable bonds is 2. The predicted molar refractivity (Wildman–Crippen MR) is 63.2 cm³/mol. The van der Waals surface area contributed by atoms with Crippen LogP contribution in [0, 0.1) is 0 Å². The maximum Gasteiger partial charge on any atom is 0.240 e. The number of carbonyl (C=O) groups excluding carboxylic acids is 1. The Morgan fingerprint density at radius 2 is 1.69 bits per heavy atom. The normalized spacial score (nSPS) is 29.5. The van der Waals surface area contributed by atoms with Gasteiger partial charge in [-0.1, -0.05) is 12.8 Å². The first-order valence-corrected chi connectivity index (χ1v) is 6.87. The van der Waals surface area contributed by atoms with E-state index < -0.39 is 0 Å². The van der Waals surface area contributed by atoms with Crippen molar-refractivity contribution < 1.29 is 4.79 Å². The van der Waals surface area contributed by atoms with Crippen LogP contribution in [0.2, 0.25) is 0 Å². The second-order valence-electron chi connectivity index (χ2n) is 5.68. The van der Waals surface area contributed by atoms with Crippen LogP contribution < -0.4 is 5.32 Å². The van der Waals surface area contributed by atoms with Gasteiger partial charge in [-0.25, -0.2) is 0 Å². The topological polar surface area (TPSA) is 32.3 Å². The van der Waals surface area contributed by atoms with Gasteiger partial charge in [-0.05, 0) is 51.6 Å². The van der Waals surface area contributed by atoms with Gasteiger partial charge in [-0.3, -0.25) is 9.69 Å². The van der Waals surface area contributed by atoms with Gasteiger partial charge in [0, 0.05) is 6.04 Å². The van der Waals surface area contributed by atoms with Crippen molar-refractivity contribution in [2.24, 2.45) is 0 Å². The number of hydrogen-bond donors (Lipinski definition) is 1. The van der Waals surface area contributed by atoms with Gasteiger partial charge >= 0.3 is 0 Å². The predicted octanol–water partition coefficient (Wildman–Crippen LogP) is 1.67. The minimum absolute atomic E-state index is 0.0947. The third-order valence-electron chi connectivity index (χ3n) is 4.76. The summed E-state index contributed by atoms with van der Waals surface area (Å²) in [5.41, 5.74) is -0.0947. The van der Waals surface area contributed by atoms with Gasteiger partial charge in [0.2, 0.25) is 5.91 Å². The third-order valence-corrected chi connectivity index (χ3v) is 4.76. The zero-order chi connectivity index (χ0) is 11.0. The average Bonchev–Trinajstić information content (AvgIpc) is 2.91. The maximum atomic E-state index is 12.5. The standard InChI is InChI=1S/C13H22N2O/c16-12(14-11-5-1-2-6-11)13-7-3-9-15(13)10-4-8-13/h11H,1-10H2,(H,14,16). The highest BCUT2D eigenvalue weighted by Gasteiger charge is 2.50. The van der Waals surface area contributed by atoms with Gasteiger partial charge in [0.25, 0.3) is 0 Å². The second-order valence-corrected chi connectivity index (χ2v) is 5.68. The summed E-state index contributed by atoms with van der Waals surface area (Å²) in [5, 5.41) is 3.30. The highest BCUT2D eigenvalue weighted by molar-refractivity contribution is 5.87. The first-order chi connectivity index (χ1) is 7.81. The molecule has 90 valence electrons. The van der Waals surface area contributed by atoms with Crippen molar-refractivity contribution in [2.75, 3.05) is 13.1 Å². The molecule has 0 unspecified atom stereocenters. The summed E-state index contributed by atoms with van der Waals surface area (Å²) in [7, 11) is 0. The van der Waals surface area contributed by atoms with Crippen molar-refractivity contribution in [3.63, 3.8) is 0 Å². The maximum absolute atomic E-state index is 12.5. The molecule has 3 rings (SSSR count). The lowest BCUT2D eigenvalue weighted by molar-refractivity contribution is -0.131. The van der Waals surface area contributed by atoms with Crippen molar-refractivity contribution >= 4 is 5.91 Å². The molecule has 0 spiro atoms. The van der Waals surface area contributed by atoms with Crippen molar-refractivity contribution in [3.8, 4) is 0 Å². The zero-order valence-corrected chi connectivity index (χ0v) is 10.0. The zero-order valence-electron chi connectivity index (χ0n) is 10.0. The Labute approximate surface area is 97.6 Å². The summed E-state index contributed by atoms with van der Waals surface area (Å²) in [4.78, 5) is 14.9. The second kappa shape index (κ2) is 4.02. The van der Waals surface area contributed by atoms with Crippen molar-refractivity contribution in [1.29, 1.82) is 0 Å². The first kappa shape index (κ1) is 10.6. The molecule has 2 heterocycles. The van der Waals surface area contributed by atoms with Gasteiger partial charge in [0.05, 0.1) is 0 Å². The molecular weight excluding hydrogens is 200 g/mol. The van der Waals surface area contributed by atoms with Crippen LogP contribution in [0.3, 0.4) is 0 Å². The van der Waals surface area contributed by atoms with E-state index in [1.165, 1.54) is 38.5 Å². The van der Waals surface area contributed by atoms with Crippen LogP contribution in [0.25, 0.3) is 0 Å². The molecule has 0 aromatic heterocycles. The molecule has 0 aromatic rings. The number of amides is 1. The van der Waals surface area contributed by atoms with E-state index in [9.17, 15) is 4.79 Å². The van der Waals surface area contributed by atoms with Crippen LogP contribution in [0.4, 0.5) is 0 Å². The largest absolute Gasteiger partial charge is 0.352 e. The van der Waals surface area contributed by atoms with Gasteiger partial charge in [0.1, 0.15) is 5.54 Å². The molecule has 0 radical (unpaired) electrons. The molecule has 3 fully saturated rings. The van der Waals surface area contributed by atoms with Crippen LogP contribution >= 0.6 is 0 Å². The SMILES string of the molecule is O=C(NC1CCCC1)C12CCCN1CCC2. The van der Waals surface area contributed by atoms with Crippen LogP contribution in [-0.4, -0.2) is 35.5 Å². The number of hydrogen-bond acceptors (Lipinski definition) is 2. The Bertz CT molecular complexity index is 274. The summed E-state index contributed by atoms with van der Waals surface area (Å²) in [5.74, 6) is 0.342. The molecule has 3 heteroatoms. The van der Waals surface area contributed by atoms with Gasteiger partial charge in [-0.15, -0.1) is 0 Å². The van der Waals surface area contributed by atoms with Crippen molar-refractivity contribution in [1.82, 2.24) is 10.2 Å². The quantitative estimate of drug-likeness (QED) is 0.771. The molecule has 16 heavy (non-hydrogen) atoms. The lowest BCUT2D eigenvalue weighted by atomic mass is 9.92. The van der Waals surface area contributed by atoms with E-state index in [1.807, 2.05) is 0 Å². The Kier molecular flexibility index (Phi) is 2.66. The third kappa shape index (κ3) is 1.56. The lowest BCUT2D eigenvalue weighted by Crippen LogP contribution is -2.53. The lowest BCUT2D eigenvalue weighted by Gasteiger charge is -2.31. The Balaban J connectivity index is 1.68. The minimum Gasteiger partial charge on any atom is -0.352 e. The van der Waals surface area contributed by atoms with E-state index in [1.54, 1.807) is 0 Å². The number of carbonyl (C=O) groups is 1. The minimum atomic E-state index is -0.0947. The van der Waals surface area contributed by atoms with Crippen molar-refractivity contribution in [2.45, 2.75) is 62.9 Å². The highest BCUT2D eigenvalue weighted by Crippen LogP contribution is 2.39. The Morgan fingerprint density at radius 1 is 1.06 bits per heavy atom. The summed E-state index contributed by atoms with van der Waals surface area (Å²) in [6.07, 6.45) is 9.57. The van der Waals surface area contributed by atoms with E-state index in [2.05, 4.69) is 10.2 Å². The summed E-state index contributed by atoms with van der Waals surface area (Å²) >= 11 is 0. The van der Waals surface area contributed by atoms with Gasteiger partial charge in [0.15, 0.2) is 0 Å². The fourth-order valence-electron chi connectivity index (χ4n) is 3.87. The first-order valence-electron chi connectivity index (χ1n) is 6.87. The molecule has 3 nitrogen and oxygen atoms in total. The van der Waals surface area contributed by atoms with E-state index in [-0.39, 0.29) is 5.54 Å². The molecule has 0 bridgehead atoms. The molecular formula is C13H22N2O. The molecule has 3 aliphatic rings. The van der Waals surface area contributed by atoms with Gasteiger partial charge < -0.3 is 5.32 Å². The van der Waals surface area contributed by atoms with Gasteiger partial charge in [-0.2, -0.15) is 0 Å². The van der Waals surface area contributed by atoms with Crippen LogP contribution in [0.1, 0.15) is 51.4 Å². The molecule has 1 aliphatic carbocycles. The van der Waals surface area contributed by atoms with Crippen LogP contribution in [0.15, 0.2) is 0 Å². The molecule has 0 aromatic carbocycles. The van der Waals surface area contributed by atoms with E-state index in [4.69, 9.17) is 0 Å². The van der Waals surface area contributed by atoms with E-state index >= 15 is 0 Å². The molecule has 0 atom stereocenters. The Hall–Kier alpha value is -0.570. The monoisotopic (exact) mass is 222 g/mol. The number of fused-ring (bicyclic) bond motifs is 1. The molecule has 1 N–H and O–H groups in total. The Morgan fingerprint density at radius 3 is 2.31 bits per heavy atom. The fourth-order valence-corrected chi connectivity index (χ4v) is 3.87. The van der Waals surface area contributed by atoms with Crippen molar-refractivity contribution in [3.05, 3.63) is 0 Å². The number of nitrogens with one attached hydrogen (secondary N) is 1. The van der Waals surface area contributed by atoms with E-state index in [0.717, 1.165) is 25.9 Å². The van der Waals surface area contributed by atoms with Crippen LogP contribution in [-0.2, 0) is 4.79 Å².